The molecule has 1 unspecified atom stereocenters. The smallest absolute Gasteiger partial charge is 0.269 e. The Bertz CT molecular complexity index is 845. The van der Waals surface area contributed by atoms with Crippen molar-refractivity contribution in [1.29, 1.82) is 0 Å². The van der Waals surface area contributed by atoms with Gasteiger partial charge in [0, 0.05) is 18.8 Å². The summed E-state index contributed by atoms with van der Waals surface area (Å²) in [4.78, 5) is -0.402. The Morgan fingerprint density at radius 3 is 2.48 bits per heavy atom. The van der Waals surface area contributed by atoms with E-state index in [1.165, 1.54) is 0 Å². The van der Waals surface area contributed by atoms with E-state index in [4.69, 9.17) is 0 Å². The quantitative estimate of drug-likeness (QED) is 0.844. The molecule has 5 nitrogen and oxygen atoms in total. The highest BCUT2D eigenvalue weighted by atomic mass is 32.2. The van der Waals surface area contributed by atoms with Crippen LogP contribution in [0.2, 0.25) is 0 Å². The number of alkyl halides is 3. The van der Waals surface area contributed by atoms with E-state index in [9.17, 15) is 21.6 Å². The summed E-state index contributed by atoms with van der Waals surface area (Å²) in [6, 6.07) is 5.61. The molecule has 1 atom stereocenters. The van der Waals surface area contributed by atoms with Gasteiger partial charge in [0.15, 0.2) is 0 Å². The largest absolute Gasteiger partial charge is 0.416 e. The Balaban J connectivity index is 2.05. The van der Waals surface area contributed by atoms with Crippen molar-refractivity contribution >= 4 is 10.0 Å². The zero-order chi connectivity index (χ0) is 18.8. The predicted molar refractivity (Wildman–Crippen MR) is 87.5 cm³/mol. The van der Waals surface area contributed by atoms with Gasteiger partial charge < -0.3 is 0 Å². The van der Waals surface area contributed by atoms with Crippen molar-refractivity contribution in [3.05, 3.63) is 47.3 Å². The molecule has 0 radical (unpaired) electrons. The van der Waals surface area contributed by atoms with Crippen molar-refractivity contribution in [3.63, 3.8) is 0 Å². The van der Waals surface area contributed by atoms with Crippen molar-refractivity contribution in [1.82, 2.24) is 14.5 Å². The number of sulfonamides is 1. The minimum absolute atomic E-state index is 0.0847. The van der Waals surface area contributed by atoms with Gasteiger partial charge in [0.1, 0.15) is 0 Å². The summed E-state index contributed by atoms with van der Waals surface area (Å²) < 4.78 is 66.8. The summed E-state index contributed by atoms with van der Waals surface area (Å²) in [7, 11) is -4.01. The van der Waals surface area contributed by atoms with Crippen molar-refractivity contribution in [2.75, 3.05) is 6.54 Å². The highest BCUT2D eigenvalue weighted by Gasteiger charge is 2.31. The average Bonchev–Trinajstić information content (AvgIpc) is 2.82. The number of hydrogen-bond donors (Lipinski definition) is 1. The first-order chi connectivity index (χ1) is 11.5. The number of aromatic nitrogens is 2. The van der Waals surface area contributed by atoms with Crippen LogP contribution in [0.15, 0.2) is 35.2 Å². The average molecular weight is 375 g/mol. The van der Waals surface area contributed by atoms with Gasteiger partial charge >= 0.3 is 6.18 Å². The second-order valence-electron chi connectivity index (χ2n) is 6.09. The summed E-state index contributed by atoms with van der Waals surface area (Å²) in [5, 5.41) is 4.31. The molecular weight excluding hydrogens is 355 g/mol. The Hall–Kier alpha value is -1.87. The molecule has 1 heterocycles. The first-order valence-electron chi connectivity index (χ1n) is 7.67. The summed E-state index contributed by atoms with van der Waals surface area (Å²) in [5.41, 5.74) is 0.838. The number of halogens is 3. The molecule has 0 saturated carbocycles. The molecule has 1 aromatic heterocycles. The van der Waals surface area contributed by atoms with Crippen LogP contribution in [0, 0.1) is 19.8 Å². The van der Waals surface area contributed by atoms with Gasteiger partial charge in [0.25, 0.3) is 0 Å². The summed E-state index contributed by atoms with van der Waals surface area (Å²) in [6.07, 6.45) is -4.59. The molecule has 2 rings (SSSR count). The van der Waals surface area contributed by atoms with Crippen LogP contribution in [0.4, 0.5) is 13.2 Å². The maximum absolute atomic E-state index is 12.7. The van der Waals surface area contributed by atoms with Gasteiger partial charge in [-0.05, 0) is 44.0 Å². The fourth-order valence-corrected chi connectivity index (χ4v) is 3.60. The van der Waals surface area contributed by atoms with Crippen molar-refractivity contribution in [2.45, 2.75) is 38.4 Å². The normalized spacial score (nSPS) is 13.8. The Morgan fingerprint density at radius 2 is 1.92 bits per heavy atom. The van der Waals surface area contributed by atoms with E-state index in [-0.39, 0.29) is 12.5 Å². The molecular formula is C16H20F3N3O2S. The van der Waals surface area contributed by atoms with E-state index in [0.29, 0.717) is 12.6 Å². The lowest BCUT2D eigenvalue weighted by Crippen LogP contribution is -2.30. The van der Waals surface area contributed by atoms with Crippen molar-refractivity contribution in [3.8, 4) is 0 Å². The minimum Gasteiger partial charge on any atom is -0.269 e. The molecule has 2 aromatic rings. The molecule has 138 valence electrons. The van der Waals surface area contributed by atoms with Crippen LogP contribution in [0.3, 0.4) is 0 Å². The highest BCUT2D eigenvalue weighted by molar-refractivity contribution is 7.89. The number of aryl methyl sites for hydroxylation is 2. The lowest BCUT2D eigenvalue weighted by Gasteiger charge is -2.15. The van der Waals surface area contributed by atoms with Gasteiger partial charge in [0.05, 0.1) is 16.2 Å². The third-order valence-electron chi connectivity index (χ3n) is 3.68. The first kappa shape index (κ1) is 19.5. The van der Waals surface area contributed by atoms with E-state index in [2.05, 4.69) is 9.82 Å². The summed E-state index contributed by atoms with van der Waals surface area (Å²) in [5.74, 6) is -0.0847. The van der Waals surface area contributed by atoms with Crippen LogP contribution in [-0.4, -0.2) is 24.7 Å². The fourth-order valence-electron chi connectivity index (χ4n) is 2.39. The van der Waals surface area contributed by atoms with Gasteiger partial charge in [0.2, 0.25) is 10.0 Å². The molecule has 0 bridgehead atoms. The topological polar surface area (TPSA) is 64.0 Å². The van der Waals surface area contributed by atoms with Crippen LogP contribution in [0.25, 0.3) is 0 Å². The molecule has 0 aliphatic rings. The molecule has 1 N–H and O–H groups in total. The SMILES string of the molecule is Cc1cc(C)n(CC(C)CNS(=O)(=O)c2cccc(C(F)(F)F)c2)n1. The van der Waals surface area contributed by atoms with Crippen LogP contribution in [0.5, 0.6) is 0 Å². The maximum Gasteiger partial charge on any atom is 0.416 e. The van der Waals surface area contributed by atoms with Gasteiger partial charge in [-0.3, -0.25) is 4.68 Å². The van der Waals surface area contributed by atoms with E-state index < -0.39 is 26.7 Å². The van der Waals surface area contributed by atoms with Gasteiger partial charge in [-0.25, -0.2) is 13.1 Å². The van der Waals surface area contributed by atoms with E-state index in [0.717, 1.165) is 29.6 Å². The molecule has 0 saturated heterocycles. The second kappa shape index (κ2) is 7.17. The number of nitrogens with zero attached hydrogens (tertiary/aromatic N) is 2. The van der Waals surface area contributed by atoms with Crippen LogP contribution < -0.4 is 4.72 Å². The van der Waals surface area contributed by atoms with E-state index >= 15 is 0 Å². The third kappa shape index (κ3) is 5.05. The minimum atomic E-state index is -4.59. The number of benzene rings is 1. The maximum atomic E-state index is 12.7. The Kier molecular flexibility index (Phi) is 5.58. The summed E-state index contributed by atoms with van der Waals surface area (Å²) >= 11 is 0. The van der Waals surface area contributed by atoms with E-state index in [1.54, 1.807) is 4.68 Å². The molecule has 9 heteroatoms. The van der Waals surface area contributed by atoms with Crippen molar-refractivity contribution in [2.24, 2.45) is 5.92 Å². The van der Waals surface area contributed by atoms with Crippen LogP contribution in [-0.2, 0) is 22.7 Å². The van der Waals surface area contributed by atoms with Gasteiger partial charge in [-0.2, -0.15) is 18.3 Å². The predicted octanol–water partition coefficient (Wildman–Crippen LogP) is 3.13. The van der Waals surface area contributed by atoms with Crippen molar-refractivity contribution < 1.29 is 21.6 Å². The third-order valence-corrected chi connectivity index (χ3v) is 5.10. The highest BCUT2D eigenvalue weighted by Crippen LogP contribution is 2.30. The lowest BCUT2D eigenvalue weighted by atomic mass is 10.2. The molecule has 0 fully saturated rings. The number of rotatable bonds is 6. The van der Waals surface area contributed by atoms with Gasteiger partial charge in [-0.1, -0.05) is 13.0 Å². The summed E-state index contributed by atoms with van der Waals surface area (Å²) in [6.45, 7) is 6.21. The molecule has 25 heavy (non-hydrogen) atoms. The zero-order valence-electron chi connectivity index (χ0n) is 14.1. The monoisotopic (exact) mass is 375 g/mol. The molecule has 0 amide bonds. The Morgan fingerprint density at radius 1 is 1.24 bits per heavy atom. The molecule has 0 aliphatic heterocycles. The lowest BCUT2D eigenvalue weighted by molar-refractivity contribution is -0.137. The standard InChI is InChI=1S/C16H20F3N3O2S/c1-11(10-22-13(3)7-12(2)21-22)9-20-25(23,24)15-6-4-5-14(8-15)16(17,18)19/h4-8,11,20H,9-10H2,1-3H3. The second-order valence-corrected chi connectivity index (χ2v) is 7.86. The molecule has 0 aliphatic carbocycles. The number of hydrogen-bond acceptors (Lipinski definition) is 3. The first-order valence-corrected chi connectivity index (χ1v) is 9.15. The zero-order valence-corrected chi connectivity index (χ0v) is 14.9. The van der Waals surface area contributed by atoms with E-state index in [1.807, 2.05) is 26.8 Å². The van der Waals surface area contributed by atoms with Crippen LogP contribution >= 0.6 is 0 Å². The van der Waals surface area contributed by atoms with Gasteiger partial charge in [-0.15, -0.1) is 0 Å². The fraction of sp³-hybridized carbons (Fsp3) is 0.438. The van der Waals surface area contributed by atoms with Crippen LogP contribution in [0.1, 0.15) is 23.9 Å². The molecule has 0 spiro atoms. The molecule has 1 aromatic carbocycles. The number of nitrogens with one attached hydrogen (secondary N) is 1. The Labute approximate surface area is 144 Å².